The summed E-state index contributed by atoms with van der Waals surface area (Å²) in [7, 11) is 4.01. The zero-order chi connectivity index (χ0) is 15.8. The van der Waals surface area contributed by atoms with Crippen LogP contribution in [0.2, 0.25) is 0 Å². The van der Waals surface area contributed by atoms with Crippen LogP contribution in [0, 0.1) is 0 Å². The highest BCUT2D eigenvalue weighted by atomic mass is 16.5. The van der Waals surface area contributed by atoms with Crippen molar-refractivity contribution in [1.82, 2.24) is 10.2 Å². The molecule has 0 atom stereocenters. The fraction of sp³-hybridized carbons (Fsp3) is 0.471. The Balaban J connectivity index is 1.71. The van der Waals surface area contributed by atoms with Crippen LogP contribution in [0.15, 0.2) is 30.3 Å². The number of nitrogens with zero attached hydrogens (tertiary/aromatic N) is 2. The van der Waals surface area contributed by atoms with Crippen LogP contribution < -0.4 is 10.2 Å². The van der Waals surface area contributed by atoms with Crippen molar-refractivity contribution < 1.29 is 9.53 Å². The number of rotatable bonds is 6. The molecular formula is C17H25N3O2. The highest BCUT2D eigenvalue weighted by Gasteiger charge is 2.09. The zero-order valence-electron chi connectivity index (χ0n) is 13.4. The number of carbonyl (C=O) groups excluding carboxylic acids is 1. The normalized spacial score (nSPS) is 15.9. The van der Waals surface area contributed by atoms with Crippen LogP contribution >= 0.6 is 0 Å². The number of carbonyl (C=O) groups is 1. The first kappa shape index (κ1) is 16.5. The standard InChI is InChI=1S/C17H25N3O2/c1-19(2)16-6-3-15(4-7-16)5-8-17(21)18-9-10-20-11-13-22-14-12-20/h3-8H,9-14H2,1-2H3,(H,18,21)/b8-5-. The fourth-order valence-corrected chi connectivity index (χ4v) is 2.28. The van der Waals surface area contributed by atoms with Crippen molar-refractivity contribution in [2.24, 2.45) is 0 Å². The molecule has 1 fully saturated rings. The predicted molar refractivity (Wildman–Crippen MR) is 90.1 cm³/mol. The van der Waals surface area contributed by atoms with Gasteiger partial charge in [-0.1, -0.05) is 12.1 Å². The Morgan fingerprint density at radius 2 is 1.95 bits per heavy atom. The van der Waals surface area contributed by atoms with E-state index in [4.69, 9.17) is 4.74 Å². The quantitative estimate of drug-likeness (QED) is 0.803. The van der Waals surface area contributed by atoms with Gasteiger partial charge in [0.05, 0.1) is 13.2 Å². The SMILES string of the molecule is CN(C)c1ccc(/C=C\C(=O)NCCN2CCOCC2)cc1. The van der Waals surface area contributed by atoms with Gasteiger partial charge in [0, 0.05) is 52.0 Å². The lowest BCUT2D eigenvalue weighted by molar-refractivity contribution is -0.116. The summed E-state index contributed by atoms with van der Waals surface area (Å²) >= 11 is 0. The monoisotopic (exact) mass is 303 g/mol. The van der Waals surface area contributed by atoms with Gasteiger partial charge in [-0.05, 0) is 23.8 Å². The molecule has 2 rings (SSSR count). The van der Waals surface area contributed by atoms with E-state index < -0.39 is 0 Å². The molecule has 1 heterocycles. The molecule has 120 valence electrons. The maximum Gasteiger partial charge on any atom is 0.244 e. The van der Waals surface area contributed by atoms with Crippen molar-refractivity contribution in [2.75, 3.05) is 58.4 Å². The fourth-order valence-electron chi connectivity index (χ4n) is 2.28. The summed E-state index contributed by atoms with van der Waals surface area (Å²) in [6.45, 7) is 5.02. The van der Waals surface area contributed by atoms with Crippen LogP contribution in [0.25, 0.3) is 6.08 Å². The Bertz CT molecular complexity index is 491. The van der Waals surface area contributed by atoms with Crippen LogP contribution in [0.1, 0.15) is 5.56 Å². The van der Waals surface area contributed by atoms with Crippen molar-refractivity contribution in [3.63, 3.8) is 0 Å². The largest absolute Gasteiger partial charge is 0.379 e. The summed E-state index contributed by atoms with van der Waals surface area (Å²) in [4.78, 5) is 16.1. The lowest BCUT2D eigenvalue weighted by Crippen LogP contribution is -2.41. The molecule has 1 amide bonds. The third-order valence-electron chi connectivity index (χ3n) is 3.67. The van der Waals surface area contributed by atoms with Gasteiger partial charge in [0.1, 0.15) is 0 Å². The third-order valence-corrected chi connectivity index (χ3v) is 3.67. The molecule has 0 spiro atoms. The van der Waals surface area contributed by atoms with Gasteiger partial charge in [-0.25, -0.2) is 0 Å². The molecule has 1 N–H and O–H groups in total. The second-order valence-electron chi connectivity index (χ2n) is 5.56. The Labute approximate surface area is 132 Å². The van der Waals surface area contributed by atoms with Crippen molar-refractivity contribution in [2.45, 2.75) is 0 Å². The first-order valence-electron chi connectivity index (χ1n) is 7.68. The van der Waals surface area contributed by atoms with Crippen LogP contribution in [-0.2, 0) is 9.53 Å². The van der Waals surface area contributed by atoms with E-state index in [0.29, 0.717) is 6.54 Å². The number of amides is 1. The first-order chi connectivity index (χ1) is 10.6. The van der Waals surface area contributed by atoms with Gasteiger partial charge in [0.25, 0.3) is 0 Å². The molecule has 1 aromatic rings. The maximum atomic E-state index is 11.8. The van der Waals surface area contributed by atoms with E-state index in [9.17, 15) is 4.79 Å². The summed E-state index contributed by atoms with van der Waals surface area (Å²) in [6, 6.07) is 8.09. The van der Waals surface area contributed by atoms with E-state index in [1.165, 1.54) is 0 Å². The second kappa shape index (κ2) is 8.56. The molecule has 1 aliphatic rings. The lowest BCUT2D eigenvalue weighted by atomic mass is 10.2. The summed E-state index contributed by atoms with van der Waals surface area (Å²) in [6.07, 6.45) is 3.42. The lowest BCUT2D eigenvalue weighted by Gasteiger charge is -2.26. The predicted octanol–water partition coefficient (Wildman–Crippen LogP) is 1.21. The van der Waals surface area contributed by atoms with Crippen molar-refractivity contribution in [3.05, 3.63) is 35.9 Å². The number of hydrogen-bond donors (Lipinski definition) is 1. The number of ether oxygens (including phenoxy) is 1. The third kappa shape index (κ3) is 5.50. The van der Waals surface area contributed by atoms with Gasteiger partial charge in [-0.15, -0.1) is 0 Å². The molecule has 0 radical (unpaired) electrons. The summed E-state index contributed by atoms with van der Waals surface area (Å²) < 4.78 is 5.29. The van der Waals surface area contributed by atoms with Crippen molar-refractivity contribution in [1.29, 1.82) is 0 Å². The van der Waals surface area contributed by atoms with Crippen LogP contribution in [-0.4, -0.2) is 64.3 Å². The summed E-state index contributed by atoms with van der Waals surface area (Å²) in [5.74, 6) is -0.0510. The van der Waals surface area contributed by atoms with Crippen LogP contribution in [0.3, 0.4) is 0 Å². The topological polar surface area (TPSA) is 44.8 Å². The van der Waals surface area contributed by atoms with E-state index in [1.807, 2.05) is 49.3 Å². The molecule has 1 saturated heterocycles. The number of benzene rings is 1. The molecule has 5 heteroatoms. The van der Waals surface area contributed by atoms with Crippen LogP contribution in [0.4, 0.5) is 5.69 Å². The van der Waals surface area contributed by atoms with E-state index in [-0.39, 0.29) is 5.91 Å². The molecule has 0 aliphatic carbocycles. The number of morpholine rings is 1. The zero-order valence-corrected chi connectivity index (χ0v) is 13.4. The van der Waals surface area contributed by atoms with E-state index in [0.717, 1.165) is 44.1 Å². The molecule has 0 bridgehead atoms. The highest BCUT2D eigenvalue weighted by Crippen LogP contribution is 2.12. The van der Waals surface area contributed by atoms with Crippen LogP contribution in [0.5, 0.6) is 0 Å². The van der Waals surface area contributed by atoms with Crippen molar-refractivity contribution in [3.8, 4) is 0 Å². The maximum absolute atomic E-state index is 11.8. The van der Waals surface area contributed by atoms with Gasteiger partial charge in [0.2, 0.25) is 5.91 Å². The van der Waals surface area contributed by atoms with Gasteiger partial charge < -0.3 is 15.0 Å². The Morgan fingerprint density at radius 3 is 2.59 bits per heavy atom. The van der Waals surface area contributed by atoms with Gasteiger partial charge in [-0.3, -0.25) is 9.69 Å². The van der Waals surface area contributed by atoms with Gasteiger partial charge >= 0.3 is 0 Å². The second-order valence-corrected chi connectivity index (χ2v) is 5.56. The average Bonchev–Trinajstić information content (AvgIpc) is 2.54. The molecule has 5 nitrogen and oxygen atoms in total. The van der Waals surface area contributed by atoms with Gasteiger partial charge in [-0.2, -0.15) is 0 Å². The molecule has 0 unspecified atom stereocenters. The number of anilines is 1. The molecule has 22 heavy (non-hydrogen) atoms. The molecular weight excluding hydrogens is 278 g/mol. The Morgan fingerprint density at radius 1 is 1.27 bits per heavy atom. The summed E-state index contributed by atoms with van der Waals surface area (Å²) in [5, 5.41) is 2.91. The minimum atomic E-state index is -0.0510. The van der Waals surface area contributed by atoms with Gasteiger partial charge in [0.15, 0.2) is 0 Å². The average molecular weight is 303 g/mol. The molecule has 1 aromatic carbocycles. The molecule has 0 saturated carbocycles. The molecule has 1 aliphatic heterocycles. The Hall–Kier alpha value is -1.85. The number of hydrogen-bond acceptors (Lipinski definition) is 4. The minimum Gasteiger partial charge on any atom is -0.379 e. The summed E-state index contributed by atoms with van der Waals surface area (Å²) in [5.41, 5.74) is 2.17. The highest BCUT2D eigenvalue weighted by molar-refractivity contribution is 5.91. The van der Waals surface area contributed by atoms with E-state index in [1.54, 1.807) is 6.08 Å². The van der Waals surface area contributed by atoms with E-state index >= 15 is 0 Å². The Kier molecular flexibility index (Phi) is 6.43. The minimum absolute atomic E-state index is 0.0510. The smallest absolute Gasteiger partial charge is 0.244 e. The number of nitrogens with one attached hydrogen (secondary N) is 1. The van der Waals surface area contributed by atoms with E-state index in [2.05, 4.69) is 10.2 Å². The van der Waals surface area contributed by atoms with Crippen molar-refractivity contribution >= 4 is 17.7 Å². The first-order valence-corrected chi connectivity index (χ1v) is 7.68. The molecule has 0 aromatic heterocycles.